The summed E-state index contributed by atoms with van der Waals surface area (Å²) in [5.74, 6) is -3.58. The molecule has 0 aromatic carbocycles. The second-order valence-corrected chi connectivity index (χ2v) is 7.93. The van der Waals surface area contributed by atoms with Crippen molar-refractivity contribution in [3.63, 3.8) is 0 Å². The summed E-state index contributed by atoms with van der Waals surface area (Å²) in [6.07, 6.45) is 0.981. The fourth-order valence-electron chi connectivity index (χ4n) is 0.496. The fourth-order valence-corrected chi connectivity index (χ4v) is 0.652. The summed E-state index contributed by atoms with van der Waals surface area (Å²) >= 11 is 3.99. The summed E-state index contributed by atoms with van der Waals surface area (Å²) in [4.78, 5) is 38.7. The quantitative estimate of drug-likeness (QED) is 0.165. The van der Waals surface area contributed by atoms with Crippen LogP contribution in [0.3, 0.4) is 0 Å². The van der Waals surface area contributed by atoms with Gasteiger partial charge < -0.3 is 35.7 Å². The number of carboxylic acid groups (broad SMARTS) is 4. The predicted octanol–water partition coefficient (Wildman–Crippen LogP) is 2.08. The second-order valence-electron chi connectivity index (χ2n) is 7.20. The van der Waals surface area contributed by atoms with Crippen LogP contribution in [0, 0.1) is 5.41 Å². The number of carboxylic acids is 4. The van der Waals surface area contributed by atoms with Gasteiger partial charge in [0.2, 0.25) is 0 Å². The molecule has 12 heteroatoms. The van der Waals surface area contributed by atoms with Gasteiger partial charge in [-0.3, -0.25) is 4.79 Å². The largest absolute Gasteiger partial charge is 0.481 e. The molecule has 0 aromatic heterocycles. The lowest BCUT2D eigenvalue weighted by molar-refractivity contribution is -0.137. The van der Waals surface area contributed by atoms with Crippen LogP contribution in [0.2, 0.25) is 0 Å². The molecule has 0 spiro atoms. The second kappa shape index (κ2) is 25.0. The summed E-state index contributed by atoms with van der Waals surface area (Å²) in [6.45, 7) is 16.8. The molecule has 0 bridgehead atoms. The molecule has 0 aliphatic carbocycles. The Labute approximate surface area is 206 Å². The lowest BCUT2D eigenvalue weighted by atomic mass is 9.95. The first-order valence-corrected chi connectivity index (χ1v) is 10.2. The van der Waals surface area contributed by atoms with Gasteiger partial charge in [-0.1, -0.05) is 33.6 Å². The maximum atomic E-state index is 9.92. The van der Waals surface area contributed by atoms with Gasteiger partial charge in [-0.25, -0.2) is 14.4 Å². The number of thiol groups is 1. The van der Waals surface area contributed by atoms with Crippen molar-refractivity contribution < 1.29 is 54.9 Å². The molecular formula is C22H40O11S. The van der Waals surface area contributed by atoms with Crippen LogP contribution in [0.5, 0.6) is 0 Å². The van der Waals surface area contributed by atoms with Crippen molar-refractivity contribution in [3.05, 3.63) is 36.5 Å². The van der Waals surface area contributed by atoms with Crippen LogP contribution < -0.4 is 0 Å². The molecule has 0 aromatic rings. The van der Waals surface area contributed by atoms with Gasteiger partial charge >= 0.3 is 23.9 Å². The van der Waals surface area contributed by atoms with Crippen LogP contribution in [-0.2, 0) is 19.2 Å². The third-order valence-corrected chi connectivity index (χ3v) is 3.67. The highest BCUT2D eigenvalue weighted by molar-refractivity contribution is 7.81. The molecule has 200 valence electrons. The smallest absolute Gasteiger partial charge is 0.330 e. The zero-order chi connectivity index (χ0) is 28.7. The zero-order valence-corrected chi connectivity index (χ0v) is 21.3. The van der Waals surface area contributed by atoms with Crippen molar-refractivity contribution in [3.8, 4) is 0 Å². The molecule has 34 heavy (non-hydrogen) atoms. The van der Waals surface area contributed by atoms with Crippen LogP contribution in [0.1, 0.15) is 47.5 Å². The van der Waals surface area contributed by atoms with Crippen molar-refractivity contribution in [2.45, 2.75) is 52.7 Å². The van der Waals surface area contributed by atoms with E-state index >= 15 is 0 Å². The molecule has 0 amide bonds. The molecular weight excluding hydrogens is 472 g/mol. The first kappa shape index (κ1) is 41.6. The Morgan fingerprint density at radius 2 is 0.941 bits per heavy atom. The molecule has 0 heterocycles. The molecule has 0 saturated heterocycles. The molecule has 0 fully saturated rings. The molecule has 1 unspecified atom stereocenters. The Hall–Kier alpha value is -2.67. The Morgan fingerprint density at radius 3 is 0.971 bits per heavy atom. The van der Waals surface area contributed by atoms with Crippen LogP contribution in [0.4, 0.5) is 0 Å². The average molecular weight is 513 g/mol. The number of hydrogen-bond acceptors (Lipinski definition) is 8. The first-order valence-electron chi connectivity index (χ1n) is 9.67. The van der Waals surface area contributed by atoms with E-state index in [1.807, 2.05) is 6.92 Å². The minimum absolute atomic E-state index is 0.0208. The minimum atomic E-state index is -0.935. The predicted molar refractivity (Wildman–Crippen MR) is 132 cm³/mol. The Morgan fingerprint density at radius 1 is 0.735 bits per heavy atom. The van der Waals surface area contributed by atoms with E-state index in [0.29, 0.717) is 0 Å². The molecule has 1 atom stereocenters. The Bertz CT molecular complexity index is 552. The zero-order valence-electron chi connectivity index (χ0n) is 20.4. The highest BCUT2D eigenvalue weighted by Gasteiger charge is 2.20. The van der Waals surface area contributed by atoms with Crippen molar-refractivity contribution in [2.75, 3.05) is 19.8 Å². The normalized spacial score (nSPS) is 9.91. The van der Waals surface area contributed by atoms with E-state index in [0.717, 1.165) is 6.42 Å². The maximum absolute atomic E-state index is 9.92. The molecule has 7 N–H and O–H groups in total. The van der Waals surface area contributed by atoms with Crippen molar-refractivity contribution >= 4 is 36.5 Å². The number of aliphatic hydroxyl groups excluding tert-OH is 3. The highest BCUT2D eigenvalue weighted by Crippen LogP contribution is 2.11. The van der Waals surface area contributed by atoms with Gasteiger partial charge in [-0.05, 0) is 27.2 Å². The Kier molecular flexibility index (Phi) is 30.5. The SMILES string of the molecule is C=C(C)C(=O)O.C=C(C)C(=O)O.C=C(C)C(=O)O.CC(CO)(CO)CO.CCC(S)CC(=O)O. The van der Waals surface area contributed by atoms with E-state index in [1.54, 1.807) is 6.92 Å². The number of hydrogen-bond donors (Lipinski definition) is 8. The van der Waals surface area contributed by atoms with Gasteiger partial charge in [-0.2, -0.15) is 12.6 Å². The van der Waals surface area contributed by atoms with Crippen LogP contribution in [0.25, 0.3) is 0 Å². The van der Waals surface area contributed by atoms with E-state index in [2.05, 4.69) is 32.4 Å². The summed E-state index contributed by atoms with van der Waals surface area (Å²) in [6, 6.07) is 0. The van der Waals surface area contributed by atoms with E-state index in [9.17, 15) is 19.2 Å². The first-order chi connectivity index (χ1) is 15.3. The molecule has 0 aliphatic rings. The summed E-state index contributed by atoms with van der Waals surface area (Å²) in [5.41, 5.74) is -0.181. The molecule has 0 aliphatic heterocycles. The molecule has 0 radical (unpaired) electrons. The van der Waals surface area contributed by atoms with Crippen LogP contribution in [0.15, 0.2) is 36.5 Å². The van der Waals surface area contributed by atoms with Gasteiger partial charge in [0.15, 0.2) is 0 Å². The van der Waals surface area contributed by atoms with Crippen molar-refractivity contribution in [1.82, 2.24) is 0 Å². The number of carbonyl (C=O) groups is 4. The van der Waals surface area contributed by atoms with Gasteiger partial charge in [-0.15, -0.1) is 0 Å². The van der Waals surface area contributed by atoms with Gasteiger partial charge in [0.1, 0.15) is 0 Å². The molecule has 11 nitrogen and oxygen atoms in total. The lowest BCUT2D eigenvalue weighted by Gasteiger charge is -2.20. The van der Waals surface area contributed by atoms with Crippen LogP contribution in [-0.4, -0.2) is 84.7 Å². The number of aliphatic hydroxyl groups is 3. The van der Waals surface area contributed by atoms with E-state index in [4.69, 9.17) is 35.7 Å². The lowest BCUT2D eigenvalue weighted by Crippen LogP contribution is -2.29. The molecule has 0 rings (SSSR count). The third kappa shape index (κ3) is 39.8. The van der Waals surface area contributed by atoms with E-state index in [1.165, 1.54) is 20.8 Å². The van der Waals surface area contributed by atoms with E-state index in [-0.39, 0.29) is 48.2 Å². The monoisotopic (exact) mass is 512 g/mol. The van der Waals surface area contributed by atoms with Crippen LogP contribution >= 0.6 is 12.6 Å². The summed E-state index contributed by atoms with van der Waals surface area (Å²) in [7, 11) is 0. The third-order valence-electron chi connectivity index (χ3n) is 3.12. The fraction of sp³-hybridized carbons (Fsp3) is 0.545. The van der Waals surface area contributed by atoms with Gasteiger partial charge in [0.05, 0.1) is 26.2 Å². The van der Waals surface area contributed by atoms with E-state index < -0.39 is 29.3 Å². The molecule has 0 saturated carbocycles. The summed E-state index contributed by atoms with van der Waals surface area (Å²) in [5, 5.41) is 57.3. The standard InChI is InChI=1S/C5H12O3.C5H10O2S.3C4H6O2/c1-5(2-6,3-7)4-8;1-2-4(8)3-5(6)7;3*1-3(2)4(5)6/h6-8H,2-4H2,1H3;4,8H,2-3H2,1H3,(H,6,7);3*1H2,2H3,(H,5,6). The summed E-state index contributed by atoms with van der Waals surface area (Å²) < 4.78 is 0. The highest BCUT2D eigenvalue weighted by atomic mass is 32.1. The minimum Gasteiger partial charge on any atom is -0.481 e. The number of rotatable bonds is 9. The average Bonchev–Trinajstić information content (AvgIpc) is 2.74. The topological polar surface area (TPSA) is 210 Å². The Balaban J connectivity index is -0.000000104. The van der Waals surface area contributed by atoms with Crippen molar-refractivity contribution in [1.29, 1.82) is 0 Å². The van der Waals surface area contributed by atoms with Crippen molar-refractivity contribution in [2.24, 2.45) is 5.41 Å². The maximum Gasteiger partial charge on any atom is 0.330 e. The van der Waals surface area contributed by atoms with Gasteiger partial charge in [0.25, 0.3) is 0 Å². The number of aliphatic carboxylic acids is 4. The van der Waals surface area contributed by atoms with Gasteiger partial charge in [0, 0.05) is 27.4 Å².